The molecule has 0 spiro atoms. The fraction of sp³-hybridized carbons (Fsp3) is 0.385. The van der Waals surface area contributed by atoms with E-state index in [1.807, 2.05) is 6.92 Å². The Bertz CT molecular complexity index is 384. The maximum absolute atomic E-state index is 12.6. The van der Waals surface area contributed by atoms with E-state index in [0.717, 1.165) is 12.8 Å². The Hall–Kier alpha value is -1.71. The Morgan fingerprint density at radius 2 is 1.88 bits per heavy atom. The molecule has 17 heavy (non-hydrogen) atoms. The molecule has 1 aromatic carbocycles. The minimum absolute atomic E-state index is 0.284. The van der Waals surface area contributed by atoms with E-state index in [1.165, 1.54) is 24.3 Å². The van der Waals surface area contributed by atoms with Crippen LogP contribution in [0.5, 0.6) is 0 Å². The molecule has 0 saturated carbocycles. The van der Waals surface area contributed by atoms with E-state index in [2.05, 4.69) is 0 Å². The van der Waals surface area contributed by atoms with Gasteiger partial charge in [0.1, 0.15) is 5.82 Å². The third kappa shape index (κ3) is 4.76. The number of benzene rings is 1. The van der Waals surface area contributed by atoms with Crippen molar-refractivity contribution in [3.05, 3.63) is 35.6 Å². The van der Waals surface area contributed by atoms with Crippen LogP contribution in [0.3, 0.4) is 0 Å². The van der Waals surface area contributed by atoms with Crippen molar-refractivity contribution < 1.29 is 18.7 Å². The second kappa shape index (κ2) is 6.78. The van der Waals surface area contributed by atoms with Gasteiger partial charge < -0.3 is 4.74 Å². The van der Waals surface area contributed by atoms with Crippen LogP contribution in [0.25, 0.3) is 0 Å². The van der Waals surface area contributed by atoms with Crippen molar-refractivity contribution in [2.45, 2.75) is 26.2 Å². The predicted molar refractivity (Wildman–Crippen MR) is 61.2 cm³/mol. The highest BCUT2D eigenvalue weighted by atomic mass is 19.1. The molecule has 0 heterocycles. The number of halogens is 1. The van der Waals surface area contributed by atoms with Gasteiger partial charge in [0.05, 0.1) is 0 Å². The first-order valence-electron chi connectivity index (χ1n) is 5.58. The highest BCUT2D eigenvalue weighted by Gasteiger charge is 2.09. The fourth-order valence-electron chi connectivity index (χ4n) is 1.26. The molecule has 0 aliphatic carbocycles. The van der Waals surface area contributed by atoms with Crippen molar-refractivity contribution in [3.8, 4) is 0 Å². The van der Waals surface area contributed by atoms with E-state index < -0.39 is 5.82 Å². The number of carbonyl (C=O) groups is 2. The van der Waals surface area contributed by atoms with Gasteiger partial charge in [-0.25, -0.2) is 4.39 Å². The standard InChI is InChI=1S/C13H15FO3/c1-2-3-4-13(16)17-9-12(15)10-5-7-11(14)8-6-10/h5-8H,2-4,9H2,1H3. The van der Waals surface area contributed by atoms with Gasteiger partial charge in [0, 0.05) is 12.0 Å². The molecular weight excluding hydrogens is 223 g/mol. The van der Waals surface area contributed by atoms with Crippen LogP contribution in [0, 0.1) is 5.82 Å². The molecule has 1 rings (SSSR count). The van der Waals surface area contributed by atoms with Crippen molar-refractivity contribution in [2.75, 3.05) is 6.61 Å². The van der Waals surface area contributed by atoms with E-state index in [0.29, 0.717) is 12.0 Å². The summed E-state index contributed by atoms with van der Waals surface area (Å²) in [5.41, 5.74) is 0.342. The zero-order valence-corrected chi connectivity index (χ0v) is 9.74. The average Bonchev–Trinajstić information content (AvgIpc) is 2.34. The Morgan fingerprint density at radius 1 is 1.24 bits per heavy atom. The number of ether oxygens (including phenoxy) is 1. The van der Waals surface area contributed by atoms with Crippen LogP contribution >= 0.6 is 0 Å². The van der Waals surface area contributed by atoms with E-state index in [-0.39, 0.29) is 18.4 Å². The smallest absolute Gasteiger partial charge is 0.306 e. The van der Waals surface area contributed by atoms with Crippen LogP contribution in [-0.2, 0) is 9.53 Å². The quantitative estimate of drug-likeness (QED) is 0.565. The largest absolute Gasteiger partial charge is 0.457 e. The van der Waals surface area contributed by atoms with Gasteiger partial charge in [-0.05, 0) is 30.7 Å². The van der Waals surface area contributed by atoms with Crippen LogP contribution < -0.4 is 0 Å². The van der Waals surface area contributed by atoms with Gasteiger partial charge in [0.25, 0.3) is 0 Å². The number of hydrogen-bond donors (Lipinski definition) is 0. The summed E-state index contributed by atoms with van der Waals surface area (Å²) < 4.78 is 17.4. The first-order chi connectivity index (χ1) is 8.13. The molecule has 92 valence electrons. The summed E-state index contributed by atoms with van der Waals surface area (Å²) in [6, 6.07) is 5.15. The number of rotatable bonds is 6. The highest BCUT2D eigenvalue weighted by Crippen LogP contribution is 2.04. The molecule has 0 atom stereocenters. The number of esters is 1. The highest BCUT2D eigenvalue weighted by molar-refractivity contribution is 5.97. The summed E-state index contributed by atoms with van der Waals surface area (Å²) in [4.78, 5) is 22.7. The summed E-state index contributed by atoms with van der Waals surface area (Å²) >= 11 is 0. The first-order valence-corrected chi connectivity index (χ1v) is 5.58. The van der Waals surface area contributed by atoms with E-state index >= 15 is 0 Å². The Kier molecular flexibility index (Phi) is 5.33. The lowest BCUT2D eigenvalue weighted by molar-refractivity contribution is -0.142. The van der Waals surface area contributed by atoms with Crippen LogP contribution in [-0.4, -0.2) is 18.4 Å². The van der Waals surface area contributed by atoms with Crippen molar-refractivity contribution >= 4 is 11.8 Å². The summed E-state index contributed by atoms with van der Waals surface area (Å²) in [5.74, 6) is -1.10. The lowest BCUT2D eigenvalue weighted by atomic mass is 10.1. The number of unbranched alkanes of at least 4 members (excludes halogenated alkanes) is 1. The Balaban J connectivity index is 2.39. The molecule has 3 nitrogen and oxygen atoms in total. The van der Waals surface area contributed by atoms with Crippen LogP contribution in [0.1, 0.15) is 36.5 Å². The zero-order chi connectivity index (χ0) is 12.7. The van der Waals surface area contributed by atoms with E-state index in [1.54, 1.807) is 0 Å². The molecule has 0 aromatic heterocycles. The Morgan fingerprint density at radius 3 is 2.47 bits per heavy atom. The number of ketones is 1. The van der Waals surface area contributed by atoms with Gasteiger partial charge in [-0.1, -0.05) is 13.3 Å². The maximum Gasteiger partial charge on any atom is 0.306 e. The van der Waals surface area contributed by atoms with Crippen LogP contribution in [0.2, 0.25) is 0 Å². The molecule has 0 aliphatic heterocycles. The van der Waals surface area contributed by atoms with Gasteiger partial charge in [0.15, 0.2) is 12.4 Å². The maximum atomic E-state index is 12.6. The monoisotopic (exact) mass is 238 g/mol. The first kappa shape index (κ1) is 13.4. The second-order valence-electron chi connectivity index (χ2n) is 3.69. The Labute approximate surface area is 99.6 Å². The number of hydrogen-bond acceptors (Lipinski definition) is 3. The van der Waals surface area contributed by atoms with Gasteiger partial charge in [0.2, 0.25) is 0 Å². The average molecular weight is 238 g/mol. The van der Waals surface area contributed by atoms with Crippen molar-refractivity contribution in [1.29, 1.82) is 0 Å². The topological polar surface area (TPSA) is 43.4 Å². The third-order valence-electron chi connectivity index (χ3n) is 2.26. The van der Waals surface area contributed by atoms with Gasteiger partial charge >= 0.3 is 5.97 Å². The minimum atomic E-state index is -0.401. The van der Waals surface area contributed by atoms with E-state index in [9.17, 15) is 14.0 Å². The SMILES string of the molecule is CCCCC(=O)OCC(=O)c1ccc(F)cc1. The van der Waals surface area contributed by atoms with Crippen molar-refractivity contribution in [3.63, 3.8) is 0 Å². The van der Waals surface area contributed by atoms with Crippen LogP contribution in [0.15, 0.2) is 24.3 Å². The molecule has 0 saturated heterocycles. The molecule has 4 heteroatoms. The molecular formula is C13H15FO3. The van der Waals surface area contributed by atoms with Gasteiger partial charge in [-0.2, -0.15) is 0 Å². The summed E-state index contributed by atoms with van der Waals surface area (Å²) in [5, 5.41) is 0. The molecule has 0 amide bonds. The predicted octanol–water partition coefficient (Wildman–Crippen LogP) is 2.74. The number of carbonyl (C=O) groups excluding carboxylic acids is 2. The second-order valence-corrected chi connectivity index (χ2v) is 3.69. The molecule has 0 aliphatic rings. The van der Waals surface area contributed by atoms with E-state index in [4.69, 9.17) is 4.74 Å². The van der Waals surface area contributed by atoms with Gasteiger partial charge in [-0.15, -0.1) is 0 Å². The third-order valence-corrected chi connectivity index (χ3v) is 2.26. The lowest BCUT2D eigenvalue weighted by Crippen LogP contribution is -2.13. The van der Waals surface area contributed by atoms with Crippen LogP contribution in [0.4, 0.5) is 4.39 Å². The summed E-state index contributed by atoms with van der Waals surface area (Å²) in [6.45, 7) is 1.69. The molecule has 0 fully saturated rings. The molecule has 0 N–H and O–H groups in total. The van der Waals surface area contributed by atoms with Gasteiger partial charge in [-0.3, -0.25) is 9.59 Å². The summed E-state index contributed by atoms with van der Waals surface area (Å²) in [6.07, 6.45) is 1.98. The zero-order valence-electron chi connectivity index (χ0n) is 9.74. The summed E-state index contributed by atoms with van der Waals surface area (Å²) in [7, 11) is 0. The van der Waals surface area contributed by atoms with Crippen molar-refractivity contribution in [2.24, 2.45) is 0 Å². The lowest BCUT2D eigenvalue weighted by Gasteiger charge is -2.03. The fourth-order valence-corrected chi connectivity index (χ4v) is 1.26. The number of Topliss-reactive ketones (excluding diaryl/α,β-unsaturated/α-hetero) is 1. The molecule has 0 radical (unpaired) electrons. The molecule has 0 bridgehead atoms. The molecule has 1 aromatic rings. The van der Waals surface area contributed by atoms with Crippen molar-refractivity contribution in [1.82, 2.24) is 0 Å². The molecule has 0 unspecified atom stereocenters. The minimum Gasteiger partial charge on any atom is -0.457 e. The normalized spacial score (nSPS) is 10.0.